The van der Waals surface area contributed by atoms with Gasteiger partial charge < -0.3 is 9.64 Å². The monoisotopic (exact) mass is 419 g/mol. The van der Waals surface area contributed by atoms with Crippen LogP contribution < -0.4 is 10.1 Å². The van der Waals surface area contributed by atoms with Crippen molar-refractivity contribution < 1.29 is 19.1 Å². The first-order valence-corrected chi connectivity index (χ1v) is 10.8. The van der Waals surface area contributed by atoms with Crippen molar-refractivity contribution in [2.24, 2.45) is 0 Å². The molecule has 0 radical (unpaired) electrons. The van der Waals surface area contributed by atoms with Gasteiger partial charge in [-0.25, -0.2) is 0 Å². The van der Waals surface area contributed by atoms with E-state index < -0.39 is 11.9 Å². The number of ether oxygens (including phenoxy) is 1. The summed E-state index contributed by atoms with van der Waals surface area (Å²) in [4.78, 5) is 40.2. The van der Waals surface area contributed by atoms with E-state index in [-0.39, 0.29) is 18.2 Å². The van der Waals surface area contributed by atoms with Crippen molar-refractivity contribution in [3.8, 4) is 5.75 Å². The lowest BCUT2D eigenvalue weighted by molar-refractivity contribution is -0.136. The van der Waals surface area contributed by atoms with E-state index in [0.717, 1.165) is 30.9 Å². The summed E-state index contributed by atoms with van der Waals surface area (Å²) < 4.78 is 5.93. The smallest absolute Gasteiger partial charge is 0.255 e. The second kappa shape index (κ2) is 8.15. The van der Waals surface area contributed by atoms with Crippen molar-refractivity contribution in [2.45, 2.75) is 31.3 Å². The molecule has 0 unspecified atom stereocenters. The number of imide groups is 1. The van der Waals surface area contributed by atoms with Crippen LogP contribution >= 0.6 is 0 Å². The number of nitrogens with zero attached hydrogens (tertiary/aromatic N) is 2. The largest absolute Gasteiger partial charge is 0.492 e. The van der Waals surface area contributed by atoms with Crippen LogP contribution in [0, 0.1) is 0 Å². The zero-order valence-corrected chi connectivity index (χ0v) is 17.3. The van der Waals surface area contributed by atoms with Gasteiger partial charge in [0.05, 0.1) is 0 Å². The zero-order chi connectivity index (χ0) is 21.4. The standard InChI is InChI=1S/C24H25N3O4/c28-22-9-8-21(23(29)25-22)27-15-17-12-19(6-7-20(17)24(27)30)31-11-10-26-13-18(14-26)16-4-2-1-3-5-16/h1-7,12,18,21H,8-11,13-15H2,(H,25,28,29)/t21-/m1/s1. The van der Waals surface area contributed by atoms with Gasteiger partial charge in [0.1, 0.15) is 18.4 Å². The third-order valence-corrected chi connectivity index (χ3v) is 6.40. The summed E-state index contributed by atoms with van der Waals surface area (Å²) in [6, 6.07) is 15.5. The molecule has 3 aliphatic rings. The summed E-state index contributed by atoms with van der Waals surface area (Å²) in [7, 11) is 0. The highest BCUT2D eigenvalue weighted by atomic mass is 16.5. The molecule has 3 aliphatic heterocycles. The van der Waals surface area contributed by atoms with E-state index in [4.69, 9.17) is 4.74 Å². The van der Waals surface area contributed by atoms with Gasteiger partial charge in [0.25, 0.3) is 5.91 Å². The van der Waals surface area contributed by atoms with E-state index in [1.165, 1.54) is 5.56 Å². The maximum Gasteiger partial charge on any atom is 0.255 e. The number of hydrogen-bond acceptors (Lipinski definition) is 5. The number of nitrogens with one attached hydrogen (secondary N) is 1. The Morgan fingerprint density at radius 3 is 2.61 bits per heavy atom. The number of fused-ring (bicyclic) bond motifs is 1. The predicted octanol–water partition coefficient (Wildman–Crippen LogP) is 1.93. The molecule has 0 aliphatic carbocycles. The van der Waals surface area contributed by atoms with Crippen molar-refractivity contribution in [3.05, 3.63) is 65.2 Å². The first-order chi connectivity index (χ1) is 15.1. The molecular formula is C24H25N3O4. The fourth-order valence-electron chi connectivity index (χ4n) is 4.62. The number of benzene rings is 2. The average Bonchev–Trinajstić information content (AvgIpc) is 3.06. The van der Waals surface area contributed by atoms with E-state index in [2.05, 4.69) is 34.5 Å². The first-order valence-electron chi connectivity index (χ1n) is 10.8. The molecule has 160 valence electrons. The molecule has 0 spiro atoms. The lowest BCUT2D eigenvalue weighted by atomic mass is 9.92. The summed E-state index contributed by atoms with van der Waals surface area (Å²) in [5.41, 5.74) is 2.86. The highest BCUT2D eigenvalue weighted by molar-refractivity contribution is 6.05. The highest BCUT2D eigenvalue weighted by Crippen LogP contribution is 2.30. The van der Waals surface area contributed by atoms with Crippen molar-refractivity contribution in [3.63, 3.8) is 0 Å². The number of amides is 3. The maximum atomic E-state index is 12.7. The SMILES string of the molecule is O=C1CC[C@@H](N2Cc3cc(OCCN4CC(c5ccccc5)C4)ccc3C2=O)C(=O)N1. The van der Waals surface area contributed by atoms with Crippen LogP contribution in [0.25, 0.3) is 0 Å². The average molecular weight is 419 g/mol. The molecule has 1 atom stereocenters. The van der Waals surface area contributed by atoms with Gasteiger partial charge in [0, 0.05) is 44.1 Å². The summed E-state index contributed by atoms with van der Waals surface area (Å²) in [6.45, 7) is 3.91. The summed E-state index contributed by atoms with van der Waals surface area (Å²) in [5.74, 6) is 0.501. The normalized spacial score (nSPS) is 21.6. The van der Waals surface area contributed by atoms with Gasteiger partial charge in [0.2, 0.25) is 11.8 Å². The van der Waals surface area contributed by atoms with Crippen molar-refractivity contribution in [1.82, 2.24) is 15.1 Å². The number of rotatable bonds is 6. The van der Waals surface area contributed by atoms with Crippen LogP contribution in [0.5, 0.6) is 5.75 Å². The minimum absolute atomic E-state index is 0.163. The van der Waals surface area contributed by atoms with Crippen LogP contribution in [-0.4, -0.2) is 59.8 Å². The van der Waals surface area contributed by atoms with Crippen LogP contribution in [0.15, 0.2) is 48.5 Å². The zero-order valence-electron chi connectivity index (χ0n) is 17.3. The Labute approximate surface area is 181 Å². The molecule has 2 aromatic carbocycles. The van der Waals surface area contributed by atoms with Gasteiger partial charge in [-0.05, 0) is 35.7 Å². The third kappa shape index (κ3) is 3.93. The third-order valence-electron chi connectivity index (χ3n) is 6.40. The highest BCUT2D eigenvalue weighted by Gasteiger charge is 2.39. The second-order valence-corrected chi connectivity index (χ2v) is 8.43. The molecule has 2 fully saturated rings. The lowest BCUT2D eigenvalue weighted by Crippen LogP contribution is -2.52. The van der Waals surface area contributed by atoms with Gasteiger partial charge in [-0.1, -0.05) is 30.3 Å². The number of likely N-dealkylation sites (tertiary alicyclic amines) is 1. The molecular weight excluding hydrogens is 394 g/mol. The molecule has 3 heterocycles. The Bertz CT molecular complexity index is 1020. The molecule has 31 heavy (non-hydrogen) atoms. The van der Waals surface area contributed by atoms with Gasteiger partial charge >= 0.3 is 0 Å². The molecule has 0 aromatic heterocycles. The minimum atomic E-state index is -0.592. The lowest BCUT2D eigenvalue weighted by Gasteiger charge is -2.39. The van der Waals surface area contributed by atoms with Crippen molar-refractivity contribution >= 4 is 17.7 Å². The van der Waals surface area contributed by atoms with Gasteiger partial charge in [0.15, 0.2) is 0 Å². The number of carbonyl (C=O) groups excluding carboxylic acids is 3. The van der Waals surface area contributed by atoms with Crippen LogP contribution in [0.1, 0.15) is 40.2 Å². The van der Waals surface area contributed by atoms with Crippen LogP contribution in [0.3, 0.4) is 0 Å². The minimum Gasteiger partial charge on any atom is -0.492 e. The molecule has 1 N–H and O–H groups in total. The Hall–Kier alpha value is -3.19. The number of hydrogen-bond donors (Lipinski definition) is 1. The fourth-order valence-corrected chi connectivity index (χ4v) is 4.62. The predicted molar refractivity (Wildman–Crippen MR) is 114 cm³/mol. The Kier molecular flexibility index (Phi) is 5.19. The van der Waals surface area contributed by atoms with Gasteiger partial charge in [-0.3, -0.25) is 24.6 Å². The Balaban J connectivity index is 1.13. The summed E-state index contributed by atoms with van der Waals surface area (Å²) >= 11 is 0. The summed E-state index contributed by atoms with van der Waals surface area (Å²) in [6.07, 6.45) is 0.625. The van der Waals surface area contributed by atoms with E-state index >= 15 is 0 Å². The van der Waals surface area contributed by atoms with Crippen molar-refractivity contribution in [1.29, 1.82) is 0 Å². The van der Waals surface area contributed by atoms with Crippen LogP contribution in [0.2, 0.25) is 0 Å². The quantitative estimate of drug-likeness (QED) is 0.724. The van der Waals surface area contributed by atoms with E-state index in [1.54, 1.807) is 11.0 Å². The Morgan fingerprint density at radius 2 is 1.84 bits per heavy atom. The fraction of sp³-hybridized carbons (Fsp3) is 0.375. The summed E-state index contributed by atoms with van der Waals surface area (Å²) in [5, 5.41) is 2.33. The second-order valence-electron chi connectivity index (χ2n) is 8.43. The molecule has 0 bridgehead atoms. The van der Waals surface area contributed by atoms with Crippen LogP contribution in [-0.2, 0) is 16.1 Å². The first kappa shape index (κ1) is 19.8. The van der Waals surface area contributed by atoms with Crippen LogP contribution in [0.4, 0.5) is 0 Å². The van der Waals surface area contributed by atoms with Gasteiger partial charge in [-0.15, -0.1) is 0 Å². The molecule has 3 amide bonds. The molecule has 0 saturated carbocycles. The molecule has 2 saturated heterocycles. The van der Waals surface area contributed by atoms with Crippen molar-refractivity contribution in [2.75, 3.05) is 26.2 Å². The molecule has 2 aromatic rings. The molecule has 5 rings (SSSR count). The Morgan fingerprint density at radius 1 is 1.03 bits per heavy atom. The molecule has 7 nitrogen and oxygen atoms in total. The van der Waals surface area contributed by atoms with E-state index in [1.807, 2.05) is 18.2 Å². The number of carbonyl (C=O) groups is 3. The molecule has 7 heteroatoms. The topological polar surface area (TPSA) is 79.0 Å². The van der Waals surface area contributed by atoms with E-state index in [9.17, 15) is 14.4 Å². The maximum absolute atomic E-state index is 12.7. The number of piperidine rings is 1. The van der Waals surface area contributed by atoms with E-state index in [0.29, 0.717) is 31.1 Å². The van der Waals surface area contributed by atoms with Gasteiger partial charge in [-0.2, -0.15) is 0 Å².